The van der Waals surface area contributed by atoms with Crippen LogP contribution in [0.2, 0.25) is 0 Å². The Morgan fingerprint density at radius 1 is 1.11 bits per heavy atom. The third-order valence-corrected chi connectivity index (χ3v) is 3.05. The van der Waals surface area contributed by atoms with E-state index in [0.717, 1.165) is 17.2 Å². The average Bonchev–Trinajstić information content (AvgIpc) is 2.77. The molecule has 0 bridgehead atoms. The number of para-hydroxylation sites is 1. The second kappa shape index (κ2) is 4.14. The van der Waals surface area contributed by atoms with Gasteiger partial charge in [-0.3, -0.25) is 9.38 Å². The van der Waals surface area contributed by atoms with Gasteiger partial charge in [-0.25, -0.2) is 4.98 Å². The summed E-state index contributed by atoms with van der Waals surface area (Å²) in [5, 5.41) is 3.44. The van der Waals surface area contributed by atoms with E-state index in [0.29, 0.717) is 0 Å². The van der Waals surface area contributed by atoms with E-state index in [4.69, 9.17) is 0 Å². The topological polar surface area (TPSA) is 42.2 Å². The molecule has 1 aromatic carbocycles. The first-order valence-electron chi connectivity index (χ1n) is 5.86. The lowest BCUT2D eigenvalue weighted by molar-refractivity contribution is 1.12. The van der Waals surface area contributed by atoms with Gasteiger partial charge < -0.3 is 5.32 Å². The maximum absolute atomic E-state index is 4.31. The Bertz CT molecular complexity index is 680. The number of hydrogen-bond acceptors (Lipinski definition) is 3. The summed E-state index contributed by atoms with van der Waals surface area (Å²) in [6, 6.07) is 6.26. The van der Waals surface area contributed by atoms with Crippen molar-refractivity contribution in [3.05, 3.63) is 54.1 Å². The molecule has 0 radical (unpaired) electrons. The summed E-state index contributed by atoms with van der Waals surface area (Å²) in [6.07, 6.45) is 7.22. The van der Waals surface area contributed by atoms with Crippen LogP contribution in [-0.2, 0) is 0 Å². The number of rotatable bonds is 2. The third kappa shape index (κ3) is 1.72. The molecule has 0 unspecified atom stereocenters. The van der Waals surface area contributed by atoms with Crippen molar-refractivity contribution in [2.75, 3.05) is 5.32 Å². The molecule has 0 spiro atoms. The predicted molar refractivity (Wildman–Crippen MR) is 72.2 cm³/mol. The first-order chi connectivity index (χ1) is 8.75. The first kappa shape index (κ1) is 10.8. The monoisotopic (exact) mass is 238 g/mol. The minimum absolute atomic E-state index is 0.839. The van der Waals surface area contributed by atoms with Gasteiger partial charge in [0.05, 0.1) is 12.4 Å². The molecular weight excluding hydrogens is 224 g/mol. The smallest absolute Gasteiger partial charge is 0.156 e. The van der Waals surface area contributed by atoms with Crippen molar-refractivity contribution in [3.63, 3.8) is 0 Å². The SMILES string of the molecule is Cc1cccc(C)c1Nc1cnc2cnccn12. The highest BCUT2D eigenvalue weighted by atomic mass is 15.1. The second-order valence-electron chi connectivity index (χ2n) is 4.34. The van der Waals surface area contributed by atoms with Crippen molar-refractivity contribution in [2.45, 2.75) is 13.8 Å². The first-order valence-corrected chi connectivity index (χ1v) is 5.86. The van der Waals surface area contributed by atoms with Gasteiger partial charge in [-0.15, -0.1) is 0 Å². The average molecular weight is 238 g/mol. The fourth-order valence-corrected chi connectivity index (χ4v) is 2.07. The van der Waals surface area contributed by atoms with Crippen molar-refractivity contribution >= 4 is 17.2 Å². The van der Waals surface area contributed by atoms with Crippen LogP contribution in [0.1, 0.15) is 11.1 Å². The van der Waals surface area contributed by atoms with Crippen LogP contribution >= 0.6 is 0 Å². The Hall–Kier alpha value is -2.36. The predicted octanol–water partition coefficient (Wildman–Crippen LogP) is 3.09. The van der Waals surface area contributed by atoms with Gasteiger partial charge in [0.15, 0.2) is 5.65 Å². The van der Waals surface area contributed by atoms with Crippen LogP contribution in [0.5, 0.6) is 0 Å². The quantitative estimate of drug-likeness (QED) is 0.746. The number of fused-ring (bicyclic) bond motifs is 1. The van der Waals surface area contributed by atoms with Crippen LogP contribution < -0.4 is 5.32 Å². The van der Waals surface area contributed by atoms with Crippen LogP contribution in [0.4, 0.5) is 11.5 Å². The Kier molecular flexibility index (Phi) is 2.48. The summed E-state index contributed by atoms with van der Waals surface area (Å²) in [6.45, 7) is 4.19. The number of aromatic nitrogens is 3. The van der Waals surface area contributed by atoms with Gasteiger partial charge in [0.2, 0.25) is 0 Å². The molecular formula is C14H14N4. The van der Waals surface area contributed by atoms with E-state index in [1.54, 1.807) is 12.4 Å². The lowest BCUT2D eigenvalue weighted by Crippen LogP contribution is -1.99. The molecule has 3 rings (SSSR count). The Labute approximate surface area is 105 Å². The molecule has 0 fully saturated rings. The maximum atomic E-state index is 4.31. The molecule has 0 saturated carbocycles. The van der Waals surface area contributed by atoms with Crippen molar-refractivity contribution in [2.24, 2.45) is 0 Å². The molecule has 0 aliphatic carbocycles. The highest BCUT2D eigenvalue weighted by Crippen LogP contribution is 2.24. The van der Waals surface area contributed by atoms with Crippen LogP contribution in [-0.4, -0.2) is 14.4 Å². The highest BCUT2D eigenvalue weighted by molar-refractivity contribution is 5.66. The molecule has 3 aromatic rings. The zero-order chi connectivity index (χ0) is 12.5. The summed E-state index contributed by atoms with van der Waals surface area (Å²) < 4.78 is 1.98. The molecule has 90 valence electrons. The van der Waals surface area contributed by atoms with Crippen molar-refractivity contribution in [1.82, 2.24) is 14.4 Å². The van der Waals surface area contributed by atoms with Gasteiger partial charge in [0, 0.05) is 18.1 Å². The minimum atomic E-state index is 0.839. The van der Waals surface area contributed by atoms with E-state index >= 15 is 0 Å². The lowest BCUT2D eigenvalue weighted by atomic mass is 10.1. The van der Waals surface area contributed by atoms with Gasteiger partial charge in [0.1, 0.15) is 5.82 Å². The number of nitrogens with zero attached hydrogens (tertiary/aromatic N) is 3. The van der Waals surface area contributed by atoms with Gasteiger partial charge in [-0.2, -0.15) is 0 Å². The van der Waals surface area contributed by atoms with Gasteiger partial charge in [-0.05, 0) is 25.0 Å². The molecule has 18 heavy (non-hydrogen) atoms. The fourth-order valence-electron chi connectivity index (χ4n) is 2.07. The van der Waals surface area contributed by atoms with Gasteiger partial charge in [0.25, 0.3) is 0 Å². The molecule has 2 aromatic heterocycles. The van der Waals surface area contributed by atoms with E-state index < -0.39 is 0 Å². The Morgan fingerprint density at radius 3 is 2.67 bits per heavy atom. The summed E-state index contributed by atoms with van der Waals surface area (Å²) in [4.78, 5) is 8.37. The van der Waals surface area contributed by atoms with Crippen LogP contribution in [0.3, 0.4) is 0 Å². The van der Waals surface area contributed by atoms with Gasteiger partial charge >= 0.3 is 0 Å². The zero-order valence-electron chi connectivity index (χ0n) is 10.4. The molecule has 4 heteroatoms. The molecule has 2 heterocycles. The Morgan fingerprint density at radius 2 is 1.89 bits per heavy atom. The molecule has 0 atom stereocenters. The van der Waals surface area contributed by atoms with Crippen LogP contribution in [0, 0.1) is 13.8 Å². The molecule has 4 nitrogen and oxygen atoms in total. The van der Waals surface area contributed by atoms with Crippen molar-refractivity contribution < 1.29 is 0 Å². The van der Waals surface area contributed by atoms with Crippen molar-refractivity contribution in [1.29, 1.82) is 0 Å². The van der Waals surface area contributed by atoms with E-state index in [9.17, 15) is 0 Å². The minimum Gasteiger partial charge on any atom is -0.340 e. The van der Waals surface area contributed by atoms with Gasteiger partial charge in [-0.1, -0.05) is 18.2 Å². The highest BCUT2D eigenvalue weighted by Gasteiger charge is 2.06. The normalized spacial score (nSPS) is 10.8. The fraction of sp³-hybridized carbons (Fsp3) is 0.143. The number of aryl methyl sites for hydroxylation is 2. The number of benzene rings is 1. The standard InChI is InChI=1S/C14H14N4/c1-10-4-3-5-11(2)14(10)17-13-9-16-12-8-15-6-7-18(12)13/h3-9,17H,1-2H3. The second-order valence-corrected chi connectivity index (χ2v) is 4.34. The summed E-state index contributed by atoms with van der Waals surface area (Å²) in [5.41, 5.74) is 4.42. The number of imidazole rings is 1. The molecule has 1 N–H and O–H groups in total. The number of hydrogen-bond donors (Lipinski definition) is 1. The van der Waals surface area contributed by atoms with Crippen molar-refractivity contribution in [3.8, 4) is 0 Å². The van der Waals surface area contributed by atoms with Crippen LogP contribution in [0.25, 0.3) is 5.65 Å². The number of anilines is 2. The van der Waals surface area contributed by atoms with E-state index in [1.165, 1.54) is 11.1 Å². The maximum Gasteiger partial charge on any atom is 0.156 e. The summed E-state index contributed by atoms with van der Waals surface area (Å²) >= 11 is 0. The molecule has 0 aliphatic heterocycles. The van der Waals surface area contributed by atoms with E-state index in [-0.39, 0.29) is 0 Å². The van der Waals surface area contributed by atoms with E-state index in [2.05, 4.69) is 47.3 Å². The lowest BCUT2D eigenvalue weighted by Gasteiger charge is -2.11. The summed E-state index contributed by atoms with van der Waals surface area (Å²) in [5.74, 6) is 0.949. The zero-order valence-corrected chi connectivity index (χ0v) is 10.4. The summed E-state index contributed by atoms with van der Waals surface area (Å²) in [7, 11) is 0. The third-order valence-electron chi connectivity index (χ3n) is 3.05. The molecule has 0 aliphatic rings. The van der Waals surface area contributed by atoms with Crippen LogP contribution in [0.15, 0.2) is 43.0 Å². The number of nitrogens with one attached hydrogen (secondary N) is 1. The van der Waals surface area contributed by atoms with E-state index in [1.807, 2.05) is 16.8 Å². The molecule has 0 amide bonds. The molecule has 0 saturated heterocycles. The Balaban J connectivity index is 2.07. The largest absolute Gasteiger partial charge is 0.340 e.